The molecule has 0 amide bonds. The number of thiocarbonyl (C=S) groups is 1. The summed E-state index contributed by atoms with van der Waals surface area (Å²) in [5.41, 5.74) is 3.93. The third-order valence-corrected chi connectivity index (χ3v) is 4.45. The fourth-order valence-electron chi connectivity index (χ4n) is 1.22. The lowest BCUT2D eigenvalue weighted by Gasteiger charge is -2.24. The number of halogens is 3. The molecule has 106 valence electrons. The molecule has 1 rings (SSSR count). The normalized spacial score (nSPS) is 12.5. The van der Waals surface area contributed by atoms with Gasteiger partial charge >= 0.3 is 0 Å². The molecule has 1 aromatic rings. The summed E-state index contributed by atoms with van der Waals surface area (Å²) in [6, 6.07) is 0.539. The van der Waals surface area contributed by atoms with Crippen molar-refractivity contribution in [3.05, 3.63) is 29.6 Å². The van der Waals surface area contributed by atoms with Gasteiger partial charge in [-0.15, -0.1) is 0 Å². The van der Waals surface area contributed by atoms with E-state index in [9.17, 15) is 21.6 Å². The van der Waals surface area contributed by atoms with E-state index >= 15 is 0 Å². The number of nitrogens with one attached hydrogen (secondary N) is 1. The average molecular weight is 312 g/mol. The Morgan fingerprint density at radius 3 is 2.05 bits per heavy atom. The zero-order valence-corrected chi connectivity index (χ0v) is 11.6. The summed E-state index contributed by atoms with van der Waals surface area (Å²) in [5.74, 6) is -4.30. The predicted octanol–water partition coefficient (Wildman–Crippen LogP) is 1.45. The first-order chi connectivity index (χ1) is 8.47. The van der Waals surface area contributed by atoms with E-state index in [2.05, 4.69) is 12.2 Å². The summed E-state index contributed by atoms with van der Waals surface area (Å²) < 4.78 is 65.3. The zero-order chi connectivity index (χ0) is 15.0. The molecule has 0 atom stereocenters. The van der Waals surface area contributed by atoms with Crippen LogP contribution in [0.25, 0.3) is 0 Å². The van der Waals surface area contributed by atoms with Crippen molar-refractivity contribution in [2.24, 2.45) is 5.73 Å². The van der Waals surface area contributed by atoms with Gasteiger partial charge < -0.3 is 5.73 Å². The second kappa shape index (κ2) is 5.06. The van der Waals surface area contributed by atoms with E-state index in [0.717, 1.165) is 0 Å². The van der Waals surface area contributed by atoms with Crippen LogP contribution in [0.3, 0.4) is 0 Å². The number of benzene rings is 1. The zero-order valence-electron chi connectivity index (χ0n) is 10.00. The molecule has 0 radical (unpaired) electrons. The average Bonchev–Trinajstić information content (AvgIpc) is 2.12. The lowest BCUT2D eigenvalue weighted by atomic mass is 10.1. The monoisotopic (exact) mass is 312 g/mol. The van der Waals surface area contributed by atoms with Gasteiger partial charge in [0, 0.05) is 12.1 Å². The molecule has 0 saturated heterocycles. The van der Waals surface area contributed by atoms with E-state index in [4.69, 9.17) is 5.73 Å². The van der Waals surface area contributed by atoms with Crippen LogP contribution in [0.5, 0.6) is 0 Å². The Morgan fingerprint density at radius 2 is 1.68 bits per heavy atom. The van der Waals surface area contributed by atoms with E-state index in [0.29, 0.717) is 0 Å². The minimum absolute atomic E-state index is 0.209. The second-order valence-corrected chi connectivity index (χ2v) is 6.35. The van der Waals surface area contributed by atoms with E-state index < -0.39 is 37.9 Å². The molecular weight excluding hydrogens is 301 g/mol. The molecule has 9 heteroatoms. The molecule has 0 unspecified atom stereocenters. The van der Waals surface area contributed by atoms with Crippen LogP contribution >= 0.6 is 12.2 Å². The minimum Gasteiger partial charge on any atom is -0.392 e. The van der Waals surface area contributed by atoms with E-state index in [1.54, 1.807) is 0 Å². The first-order valence-corrected chi connectivity index (χ1v) is 6.85. The highest BCUT2D eigenvalue weighted by molar-refractivity contribution is 7.89. The van der Waals surface area contributed by atoms with Gasteiger partial charge in [0.05, 0.1) is 10.5 Å². The topological polar surface area (TPSA) is 72.2 Å². The fraction of sp³-hybridized carbons (Fsp3) is 0.300. The van der Waals surface area contributed by atoms with Crippen LogP contribution in [0.1, 0.15) is 13.8 Å². The van der Waals surface area contributed by atoms with Gasteiger partial charge in [-0.3, -0.25) is 0 Å². The van der Waals surface area contributed by atoms with Crippen molar-refractivity contribution in [3.63, 3.8) is 0 Å². The van der Waals surface area contributed by atoms with Crippen molar-refractivity contribution in [3.8, 4) is 0 Å². The Hall–Kier alpha value is -1.19. The fourth-order valence-corrected chi connectivity index (χ4v) is 2.85. The van der Waals surface area contributed by atoms with Crippen LogP contribution in [0.15, 0.2) is 17.0 Å². The molecule has 0 heterocycles. The molecule has 0 aromatic heterocycles. The summed E-state index contributed by atoms with van der Waals surface area (Å²) in [6.45, 7) is 2.65. The van der Waals surface area contributed by atoms with E-state index in [1.165, 1.54) is 13.8 Å². The SMILES string of the molecule is CC(C)(NS(=O)(=O)c1c(F)cc(F)cc1F)C(N)=S. The highest BCUT2D eigenvalue weighted by atomic mass is 32.2. The highest BCUT2D eigenvalue weighted by Gasteiger charge is 2.32. The standard InChI is InChI=1S/C10H11F3N2O2S2/c1-10(2,9(14)18)15-19(16,17)8-6(12)3-5(11)4-7(8)13/h3-4,15H,1-2H3,(H2,14,18). The Kier molecular flexibility index (Phi) is 4.23. The van der Waals surface area contributed by atoms with Crippen LogP contribution in [0.4, 0.5) is 13.2 Å². The van der Waals surface area contributed by atoms with Crippen LogP contribution in [0.2, 0.25) is 0 Å². The molecule has 0 bridgehead atoms. The Bertz CT molecular complexity index is 607. The van der Waals surface area contributed by atoms with E-state index in [1.807, 2.05) is 4.72 Å². The first kappa shape index (κ1) is 15.9. The maximum atomic E-state index is 13.4. The molecule has 0 aliphatic rings. The van der Waals surface area contributed by atoms with Crippen LogP contribution in [-0.2, 0) is 10.0 Å². The lowest BCUT2D eigenvalue weighted by molar-refractivity contribution is 0.487. The van der Waals surface area contributed by atoms with Crippen molar-refractivity contribution in [1.82, 2.24) is 4.72 Å². The molecule has 3 N–H and O–H groups in total. The van der Waals surface area contributed by atoms with Crippen molar-refractivity contribution in [1.29, 1.82) is 0 Å². The van der Waals surface area contributed by atoms with Crippen molar-refractivity contribution in [2.75, 3.05) is 0 Å². The second-order valence-electron chi connectivity index (χ2n) is 4.29. The Labute approximate surface area is 113 Å². The van der Waals surface area contributed by atoms with Crippen LogP contribution in [0, 0.1) is 17.5 Å². The van der Waals surface area contributed by atoms with Gasteiger partial charge in [0.25, 0.3) is 0 Å². The lowest BCUT2D eigenvalue weighted by Crippen LogP contribution is -2.52. The van der Waals surface area contributed by atoms with Gasteiger partial charge in [0.2, 0.25) is 10.0 Å². The molecule has 19 heavy (non-hydrogen) atoms. The van der Waals surface area contributed by atoms with E-state index in [-0.39, 0.29) is 17.1 Å². The van der Waals surface area contributed by atoms with Gasteiger partial charge in [-0.2, -0.15) is 4.72 Å². The van der Waals surface area contributed by atoms with Crippen molar-refractivity contribution >= 4 is 27.2 Å². The van der Waals surface area contributed by atoms with Gasteiger partial charge in [0.15, 0.2) is 4.90 Å². The number of hydrogen-bond acceptors (Lipinski definition) is 3. The van der Waals surface area contributed by atoms with Gasteiger partial charge in [-0.05, 0) is 13.8 Å². The van der Waals surface area contributed by atoms with Gasteiger partial charge in [-0.1, -0.05) is 12.2 Å². The summed E-state index contributed by atoms with van der Waals surface area (Å²) in [7, 11) is -4.58. The molecule has 0 fully saturated rings. The number of rotatable bonds is 4. The summed E-state index contributed by atoms with van der Waals surface area (Å²) in [6.07, 6.45) is 0. The molecule has 0 spiro atoms. The summed E-state index contributed by atoms with van der Waals surface area (Å²) in [5, 5.41) is 0. The minimum atomic E-state index is -4.58. The van der Waals surface area contributed by atoms with Gasteiger partial charge in [0.1, 0.15) is 17.5 Å². The molecular formula is C10H11F3N2O2S2. The quantitative estimate of drug-likeness (QED) is 0.826. The largest absolute Gasteiger partial charge is 0.392 e. The summed E-state index contributed by atoms with van der Waals surface area (Å²) in [4.78, 5) is -1.49. The third-order valence-electron chi connectivity index (χ3n) is 2.24. The number of sulfonamides is 1. The maximum Gasteiger partial charge on any atom is 0.247 e. The van der Waals surface area contributed by atoms with Crippen LogP contribution in [-0.4, -0.2) is 18.9 Å². The maximum absolute atomic E-state index is 13.4. The molecule has 4 nitrogen and oxygen atoms in total. The Balaban J connectivity index is 3.34. The first-order valence-electron chi connectivity index (χ1n) is 4.96. The molecule has 0 aliphatic heterocycles. The van der Waals surface area contributed by atoms with Crippen molar-refractivity contribution in [2.45, 2.75) is 24.3 Å². The molecule has 0 saturated carbocycles. The Morgan fingerprint density at radius 1 is 1.26 bits per heavy atom. The molecule has 0 aliphatic carbocycles. The molecule has 1 aromatic carbocycles. The highest BCUT2D eigenvalue weighted by Crippen LogP contribution is 2.21. The predicted molar refractivity (Wildman–Crippen MR) is 67.5 cm³/mol. The van der Waals surface area contributed by atoms with Crippen molar-refractivity contribution < 1.29 is 21.6 Å². The van der Waals surface area contributed by atoms with Gasteiger partial charge in [-0.25, -0.2) is 21.6 Å². The number of nitrogens with two attached hydrogens (primary N) is 1. The van der Waals surface area contributed by atoms with Crippen LogP contribution < -0.4 is 10.5 Å². The smallest absolute Gasteiger partial charge is 0.247 e. The summed E-state index contributed by atoms with van der Waals surface area (Å²) >= 11 is 4.64. The number of hydrogen-bond donors (Lipinski definition) is 2. The third kappa shape index (κ3) is 3.43.